The van der Waals surface area contributed by atoms with Gasteiger partial charge in [-0.2, -0.15) is 0 Å². The largest absolute Gasteiger partial charge is 0.487 e. The summed E-state index contributed by atoms with van der Waals surface area (Å²) >= 11 is 0. The highest BCUT2D eigenvalue weighted by atomic mass is 35.5. The number of carbonyl (C=O) groups is 1. The predicted molar refractivity (Wildman–Crippen MR) is 93.9 cm³/mol. The van der Waals surface area contributed by atoms with Crippen LogP contribution >= 0.6 is 12.4 Å². The highest BCUT2D eigenvalue weighted by Crippen LogP contribution is 2.17. The van der Waals surface area contributed by atoms with Crippen molar-refractivity contribution in [1.82, 2.24) is 4.90 Å². The molecule has 1 aromatic rings. The third kappa shape index (κ3) is 6.59. The Bertz CT molecular complexity index is 508. The predicted octanol–water partition coefficient (Wildman–Crippen LogP) is 3.56. The van der Waals surface area contributed by atoms with Gasteiger partial charge in [0.05, 0.1) is 0 Å². The Morgan fingerprint density at radius 2 is 1.74 bits per heavy atom. The van der Waals surface area contributed by atoms with E-state index in [2.05, 4.69) is 0 Å². The van der Waals surface area contributed by atoms with Crippen LogP contribution in [0.5, 0.6) is 5.75 Å². The van der Waals surface area contributed by atoms with E-state index in [1.165, 1.54) is 6.08 Å². The minimum Gasteiger partial charge on any atom is -0.487 e. The van der Waals surface area contributed by atoms with Crippen molar-refractivity contribution in [2.45, 2.75) is 39.8 Å². The molecular formula is C17H26ClFN2O2. The number of hydrogen-bond acceptors (Lipinski definition) is 3. The number of ether oxygens (including phenoxy) is 1. The van der Waals surface area contributed by atoms with Crippen LogP contribution in [0.15, 0.2) is 36.2 Å². The maximum Gasteiger partial charge on any atom is 0.254 e. The molecule has 6 heteroatoms. The number of benzene rings is 1. The first-order valence-corrected chi connectivity index (χ1v) is 7.47. The number of rotatable bonds is 7. The molecular weight excluding hydrogens is 319 g/mol. The second-order valence-electron chi connectivity index (χ2n) is 5.60. The van der Waals surface area contributed by atoms with Gasteiger partial charge >= 0.3 is 0 Å². The van der Waals surface area contributed by atoms with Crippen molar-refractivity contribution >= 4 is 18.3 Å². The Hall–Kier alpha value is -1.59. The molecule has 0 radical (unpaired) electrons. The quantitative estimate of drug-likeness (QED) is 0.822. The Labute approximate surface area is 143 Å². The van der Waals surface area contributed by atoms with Crippen LogP contribution in [-0.4, -0.2) is 36.0 Å². The molecule has 1 aromatic carbocycles. The first-order valence-electron chi connectivity index (χ1n) is 7.47. The third-order valence-electron chi connectivity index (χ3n) is 3.16. The molecule has 130 valence electrons. The smallest absolute Gasteiger partial charge is 0.254 e. The molecule has 2 N–H and O–H groups in total. The SMILES string of the molecule is CC(C)N(C(=O)c1ccc(OCC(F)=CCN)cc1)C(C)C.Cl. The van der Waals surface area contributed by atoms with E-state index in [-0.39, 0.29) is 43.5 Å². The highest BCUT2D eigenvalue weighted by Gasteiger charge is 2.21. The minimum atomic E-state index is -0.409. The van der Waals surface area contributed by atoms with E-state index in [0.29, 0.717) is 11.3 Å². The first-order chi connectivity index (χ1) is 10.4. The van der Waals surface area contributed by atoms with Crippen LogP contribution in [-0.2, 0) is 0 Å². The van der Waals surface area contributed by atoms with E-state index in [4.69, 9.17) is 10.5 Å². The van der Waals surface area contributed by atoms with E-state index in [1.807, 2.05) is 32.6 Å². The number of carbonyl (C=O) groups excluding carboxylic acids is 1. The van der Waals surface area contributed by atoms with Crippen molar-refractivity contribution in [2.24, 2.45) is 5.73 Å². The average molecular weight is 345 g/mol. The molecule has 0 saturated carbocycles. The first kappa shape index (κ1) is 21.4. The number of halogens is 2. The van der Waals surface area contributed by atoms with E-state index >= 15 is 0 Å². The highest BCUT2D eigenvalue weighted by molar-refractivity contribution is 5.94. The number of hydrogen-bond donors (Lipinski definition) is 1. The lowest BCUT2D eigenvalue weighted by Crippen LogP contribution is -2.42. The fourth-order valence-electron chi connectivity index (χ4n) is 2.25. The molecule has 0 aliphatic heterocycles. The summed E-state index contributed by atoms with van der Waals surface area (Å²) in [4.78, 5) is 14.3. The molecule has 0 heterocycles. The Balaban J connectivity index is 0.00000484. The second-order valence-corrected chi connectivity index (χ2v) is 5.60. The summed E-state index contributed by atoms with van der Waals surface area (Å²) in [6, 6.07) is 6.97. The lowest BCUT2D eigenvalue weighted by atomic mass is 10.1. The van der Waals surface area contributed by atoms with E-state index < -0.39 is 5.83 Å². The summed E-state index contributed by atoms with van der Waals surface area (Å²) in [5, 5.41) is 0. The summed E-state index contributed by atoms with van der Waals surface area (Å²) in [6.07, 6.45) is 1.26. The zero-order valence-corrected chi connectivity index (χ0v) is 14.9. The van der Waals surface area contributed by atoms with Crippen molar-refractivity contribution in [3.05, 3.63) is 41.7 Å². The summed E-state index contributed by atoms with van der Waals surface area (Å²) in [5.41, 5.74) is 5.80. The maximum absolute atomic E-state index is 13.2. The van der Waals surface area contributed by atoms with Crippen LogP contribution in [0.4, 0.5) is 4.39 Å². The van der Waals surface area contributed by atoms with Gasteiger partial charge in [-0.3, -0.25) is 4.79 Å². The van der Waals surface area contributed by atoms with Crippen LogP contribution in [0, 0.1) is 0 Å². The van der Waals surface area contributed by atoms with Crippen molar-refractivity contribution in [3.8, 4) is 5.75 Å². The standard InChI is InChI=1S/C17H25FN2O2.ClH/c1-12(2)20(13(3)4)17(21)14-5-7-16(8-6-14)22-11-15(18)9-10-19;/h5-9,12-13H,10-11,19H2,1-4H3;1H. The molecule has 1 amide bonds. The molecule has 0 spiro atoms. The summed E-state index contributed by atoms with van der Waals surface area (Å²) in [7, 11) is 0. The van der Waals surface area contributed by atoms with Gasteiger partial charge in [-0.1, -0.05) is 0 Å². The van der Waals surface area contributed by atoms with Crippen LogP contribution < -0.4 is 10.5 Å². The van der Waals surface area contributed by atoms with Crippen molar-refractivity contribution < 1.29 is 13.9 Å². The van der Waals surface area contributed by atoms with Crippen LogP contribution in [0.25, 0.3) is 0 Å². The van der Waals surface area contributed by atoms with Gasteiger partial charge in [-0.25, -0.2) is 4.39 Å². The topological polar surface area (TPSA) is 55.6 Å². The van der Waals surface area contributed by atoms with Crippen molar-refractivity contribution in [1.29, 1.82) is 0 Å². The molecule has 0 aromatic heterocycles. The summed E-state index contributed by atoms with van der Waals surface area (Å²) in [5.74, 6) is 0.0805. The molecule has 0 bridgehead atoms. The molecule has 0 saturated heterocycles. The zero-order chi connectivity index (χ0) is 16.7. The maximum atomic E-state index is 13.2. The van der Waals surface area contributed by atoms with Gasteiger partial charge in [0.15, 0.2) is 0 Å². The summed E-state index contributed by atoms with van der Waals surface area (Å²) in [6.45, 7) is 7.94. The Morgan fingerprint density at radius 3 is 2.17 bits per heavy atom. The average Bonchev–Trinajstić information content (AvgIpc) is 2.45. The molecule has 23 heavy (non-hydrogen) atoms. The Kier molecular flexibility index (Phi) is 9.53. The lowest BCUT2D eigenvalue weighted by Gasteiger charge is -2.30. The second kappa shape index (κ2) is 10.2. The lowest BCUT2D eigenvalue weighted by molar-refractivity contribution is 0.0643. The van der Waals surface area contributed by atoms with Crippen molar-refractivity contribution in [2.75, 3.05) is 13.2 Å². The van der Waals surface area contributed by atoms with Gasteiger partial charge in [0.2, 0.25) is 0 Å². The van der Waals surface area contributed by atoms with Crippen LogP contribution in [0.1, 0.15) is 38.1 Å². The number of nitrogens with two attached hydrogens (primary N) is 1. The van der Waals surface area contributed by atoms with E-state index in [1.54, 1.807) is 24.3 Å². The fraction of sp³-hybridized carbons (Fsp3) is 0.471. The van der Waals surface area contributed by atoms with Crippen molar-refractivity contribution in [3.63, 3.8) is 0 Å². The third-order valence-corrected chi connectivity index (χ3v) is 3.16. The normalized spacial score (nSPS) is 11.4. The monoisotopic (exact) mass is 344 g/mol. The Morgan fingerprint density at radius 1 is 1.22 bits per heavy atom. The van der Waals surface area contributed by atoms with Gasteiger partial charge in [-0.15, -0.1) is 12.4 Å². The molecule has 4 nitrogen and oxygen atoms in total. The van der Waals surface area contributed by atoms with Gasteiger partial charge in [-0.05, 0) is 58.0 Å². The van der Waals surface area contributed by atoms with E-state index in [9.17, 15) is 9.18 Å². The fourth-order valence-corrected chi connectivity index (χ4v) is 2.25. The molecule has 1 rings (SSSR count). The van der Waals surface area contributed by atoms with E-state index in [0.717, 1.165) is 0 Å². The van der Waals surface area contributed by atoms with Gasteiger partial charge in [0, 0.05) is 24.2 Å². The molecule has 0 aliphatic carbocycles. The van der Waals surface area contributed by atoms with Gasteiger partial charge in [0.25, 0.3) is 5.91 Å². The van der Waals surface area contributed by atoms with Gasteiger partial charge in [0.1, 0.15) is 18.2 Å². The molecule has 0 unspecified atom stereocenters. The minimum absolute atomic E-state index is 0. The molecule has 0 fully saturated rings. The molecule has 0 atom stereocenters. The van der Waals surface area contributed by atoms with Gasteiger partial charge < -0.3 is 15.4 Å². The summed E-state index contributed by atoms with van der Waals surface area (Å²) < 4.78 is 18.5. The number of nitrogens with zero attached hydrogens (tertiary/aromatic N) is 1. The zero-order valence-electron chi connectivity index (χ0n) is 14.1. The number of amides is 1. The molecule has 0 aliphatic rings. The van der Waals surface area contributed by atoms with Crippen LogP contribution in [0.2, 0.25) is 0 Å². The van der Waals surface area contributed by atoms with Crippen LogP contribution in [0.3, 0.4) is 0 Å².